The van der Waals surface area contributed by atoms with E-state index in [-0.39, 0.29) is 11.8 Å². The molecule has 0 aliphatic rings. The van der Waals surface area contributed by atoms with Crippen LogP contribution in [-0.2, 0) is 4.79 Å². The van der Waals surface area contributed by atoms with Gasteiger partial charge in [0.1, 0.15) is 5.52 Å². The Balaban J connectivity index is 1.38. The summed E-state index contributed by atoms with van der Waals surface area (Å²) < 4.78 is 0. The SMILES string of the molecule is Cc1cccc(-c2ccnc3nc(-c4n[nH]c5ccc(-c6cncc(NC(=O)CC(C)C)c6)nc45)[nH]c23)c1. The van der Waals surface area contributed by atoms with Gasteiger partial charge in [-0.15, -0.1) is 0 Å². The number of pyridine rings is 3. The second kappa shape index (κ2) is 9.51. The quantitative estimate of drug-likeness (QED) is 0.260. The number of hydrogen-bond donors (Lipinski definition) is 3. The Morgan fingerprint density at radius 3 is 2.76 bits per heavy atom. The molecule has 0 bridgehead atoms. The number of imidazole rings is 1. The Hall–Kier alpha value is -4.92. The van der Waals surface area contributed by atoms with E-state index in [4.69, 9.17) is 9.97 Å². The van der Waals surface area contributed by atoms with E-state index in [0.717, 1.165) is 27.7 Å². The predicted molar refractivity (Wildman–Crippen MR) is 148 cm³/mol. The average molecular weight is 503 g/mol. The summed E-state index contributed by atoms with van der Waals surface area (Å²) in [5.74, 6) is 0.815. The Kier molecular flexibility index (Phi) is 5.88. The van der Waals surface area contributed by atoms with Crippen LogP contribution in [0, 0.1) is 12.8 Å². The normalized spacial score (nSPS) is 11.5. The van der Waals surface area contributed by atoms with Gasteiger partial charge in [-0.05, 0) is 42.7 Å². The molecule has 1 aromatic carbocycles. The van der Waals surface area contributed by atoms with E-state index >= 15 is 0 Å². The minimum absolute atomic E-state index is 0.0389. The molecular weight excluding hydrogens is 476 g/mol. The number of carbonyl (C=O) groups excluding carboxylic acids is 1. The van der Waals surface area contributed by atoms with Gasteiger partial charge >= 0.3 is 0 Å². The fraction of sp³-hybridized carbons (Fsp3) is 0.172. The summed E-state index contributed by atoms with van der Waals surface area (Å²) in [5, 5.41) is 10.5. The number of nitrogens with one attached hydrogen (secondary N) is 3. The van der Waals surface area contributed by atoms with Crippen molar-refractivity contribution in [2.45, 2.75) is 27.2 Å². The molecule has 0 aliphatic heterocycles. The molecule has 9 heteroatoms. The highest BCUT2D eigenvalue weighted by Gasteiger charge is 2.17. The van der Waals surface area contributed by atoms with E-state index in [1.165, 1.54) is 5.56 Å². The molecule has 5 aromatic heterocycles. The number of nitrogens with zero attached hydrogens (tertiary/aromatic N) is 5. The number of anilines is 1. The van der Waals surface area contributed by atoms with Gasteiger partial charge in [0.05, 0.1) is 28.6 Å². The first-order chi connectivity index (χ1) is 18.4. The summed E-state index contributed by atoms with van der Waals surface area (Å²) in [4.78, 5) is 34.1. The van der Waals surface area contributed by atoms with E-state index in [1.54, 1.807) is 18.6 Å². The maximum atomic E-state index is 12.2. The summed E-state index contributed by atoms with van der Waals surface area (Å²) in [5.41, 5.74) is 8.94. The van der Waals surface area contributed by atoms with E-state index in [1.807, 2.05) is 44.2 Å². The van der Waals surface area contributed by atoms with E-state index in [0.29, 0.717) is 40.5 Å². The van der Waals surface area contributed by atoms with Crippen molar-refractivity contribution in [3.8, 4) is 33.9 Å². The highest BCUT2D eigenvalue weighted by molar-refractivity contribution is 5.95. The van der Waals surface area contributed by atoms with Crippen molar-refractivity contribution in [1.82, 2.24) is 35.1 Å². The van der Waals surface area contributed by atoms with Gasteiger partial charge in [0, 0.05) is 29.9 Å². The molecule has 5 heterocycles. The molecule has 3 N–H and O–H groups in total. The lowest BCUT2D eigenvalue weighted by Gasteiger charge is -2.08. The number of aryl methyl sites for hydroxylation is 1. The number of benzene rings is 1. The highest BCUT2D eigenvalue weighted by Crippen LogP contribution is 2.31. The summed E-state index contributed by atoms with van der Waals surface area (Å²) in [6.45, 7) is 6.10. The molecule has 6 rings (SSSR count). The first-order valence-corrected chi connectivity index (χ1v) is 12.5. The molecule has 0 unspecified atom stereocenters. The summed E-state index contributed by atoms with van der Waals surface area (Å²) in [7, 11) is 0. The Labute approximate surface area is 218 Å². The van der Waals surface area contributed by atoms with Gasteiger partial charge in [-0.25, -0.2) is 15.0 Å². The van der Waals surface area contributed by atoms with Crippen LogP contribution in [0.3, 0.4) is 0 Å². The van der Waals surface area contributed by atoms with Crippen molar-refractivity contribution in [2.75, 3.05) is 5.32 Å². The number of H-pyrrole nitrogens is 2. The average Bonchev–Trinajstić information content (AvgIpc) is 3.52. The lowest BCUT2D eigenvalue weighted by atomic mass is 10.0. The van der Waals surface area contributed by atoms with Gasteiger partial charge < -0.3 is 10.3 Å². The van der Waals surface area contributed by atoms with Crippen molar-refractivity contribution in [3.63, 3.8) is 0 Å². The molecule has 9 nitrogen and oxygen atoms in total. The molecule has 0 saturated carbocycles. The Morgan fingerprint density at radius 2 is 1.92 bits per heavy atom. The third-order valence-corrected chi connectivity index (χ3v) is 6.26. The topological polar surface area (TPSA) is 125 Å². The maximum Gasteiger partial charge on any atom is 0.224 e. The molecular formula is C29H26N8O. The first kappa shape index (κ1) is 23.5. The van der Waals surface area contributed by atoms with Gasteiger partial charge in [0.25, 0.3) is 0 Å². The van der Waals surface area contributed by atoms with Gasteiger partial charge in [-0.3, -0.25) is 14.9 Å². The van der Waals surface area contributed by atoms with Crippen LogP contribution in [0.4, 0.5) is 5.69 Å². The first-order valence-electron chi connectivity index (χ1n) is 12.5. The molecule has 0 radical (unpaired) electrons. The van der Waals surface area contributed by atoms with Crippen LogP contribution in [0.2, 0.25) is 0 Å². The van der Waals surface area contributed by atoms with Gasteiger partial charge in [-0.1, -0.05) is 43.7 Å². The smallest absolute Gasteiger partial charge is 0.224 e. The highest BCUT2D eigenvalue weighted by atomic mass is 16.1. The third kappa shape index (κ3) is 4.50. The van der Waals surface area contributed by atoms with E-state index in [9.17, 15) is 4.79 Å². The largest absolute Gasteiger partial charge is 0.335 e. The van der Waals surface area contributed by atoms with Gasteiger partial charge in [0.2, 0.25) is 5.91 Å². The van der Waals surface area contributed by atoms with Crippen molar-refractivity contribution in [2.24, 2.45) is 5.92 Å². The molecule has 0 aliphatic carbocycles. The van der Waals surface area contributed by atoms with Crippen LogP contribution >= 0.6 is 0 Å². The molecule has 0 saturated heterocycles. The zero-order chi connectivity index (χ0) is 26.2. The van der Waals surface area contributed by atoms with Crippen LogP contribution in [0.25, 0.3) is 56.1 Å². The predicted octanol–water partition coefficient (Wildman–Crippen LogP) is 5.92. The monoisotopic (exact) mass is 502 g/mol. The van der Waals surface area contributed by atoms with E-state index in [2.05, 4.69) is 55.6 Å². The number of hydrogen-bond acceptors (Lipinski definition) is 6. The number of aromatic amines is 2. The minimum Gasteiger partial charge on any atom is -0.335 e. The second-order valence-electron chi connectivity index (χ2n) is 9.79. The van der Waals surface area contributed by atoms with Crippen molar-refractivity contribution in [1.29, 1.82) is 0 Å². The van der Waals surface area contributed by atoms with Gasteiger partial charge in [-0.2, -0.15) is 5.10 Å². The Morgan fingerprint density at radius 1 is 1.03 bits per heavy atom. The third-order valence-electron chi connectivity index (χ3n) is 6.26. The number of amides is 1. The van der Waals surface area contributed by atoms with E-state index < -0.39 is 0 Å². The van der Waals surface area contributed by atoms with Crippen molar-refractivity contribution >= 4 is 33.8 Å². The van der Waals surface area contributed by atoms with Crippen LogP contribution < -0.4 is 5.32 Å². The fourth-order valence-corrected chi connectivity index (χ4v) is 4.53. The summed E-state index contributed by atoms with van der Waals surface area (Å²) in [6.07, 6.45) is 5.58. The number of aromatic nitrogens is 7. The van der Waals surface area contributed by atoms with Crippen LogP contribution in [0.1, 0.15) is 25.8 Å². The molecule has 0 fully saturated rings. The minimum atomic E-state index is -0.0389. The lowest BCUT2D eigenvalue weighted by Crippen LogP contribution is -2.14. The zero-order valence-corrected chi connectivity index (χ0v) is 21.3. The second-order valence-corrected chi connectivity index (χ2v) is 9.79. The lowest BCUT2D eigenvalue weighted by molar-refractivity contribution is -0.116. The summed E-state index contributed by atoms with van der Waals surface area (Å²) >= 11 is 0. The van der Waals surface area contributed by atoms with Crippen LogP contribution in [-0.4, -0.2) is 41.0 Å². The number of carbonyl (C=O) groups is 1. The zero-order valence-electron chi connectivity index (χ0n) is 21.3. The molecule has 0 spiro atoms. The molecule has 6 aromatic rings. The Bertz CT molecular complexity index is 1800. The molecule has 188 valence electrons. The van der Waals surface area contributed by atoms with Crippen molar-refractivity contribution in [3.05, 3.63) is 72.7 Å². The molecule has 0 atom stereocenters. The maximum absolute atomic E-state index is 12.2. The van der Waals surface area contributed by atoms with Crippen molar-refractivity contribution < 1.29 is 4.79 Å². The summed E-state index contributed by atoms with van der Waals surface area (Å²) in [6, 6.07) is 16.0. The fourth-order valence-electron chi connectivity index (χ4n) is 4.53. The standard InChI is InChI=1S/C29H26N8O/c1-16(2)11-24(38)32-20-13-19(14-30-15-20)22-7-8-23-26(33-22)27(37-36-23)29-34-25-21(9-10-31-28(25)35-29)18-6-4-5-17(3)12-18/h4-10,12-16H,11H2,1-3H3,(H,32,38)(H,36,37)(H,31,34,35). The number of fused-ring (bicyclic) bond motifs is 2. The van der Waals surface area contributed by atoms with Crippen LogP contribution in [0.15, 0.2) is 67.1 Å². The molecule has 1 amide bonds. The number of rotatable bonds is 6. The van der Waals surface area contributed by atoms with Gasteiger partial charge in [0.15, 0.2) is 17.2 Å². The molecule has 38 heavy (non-hydrogen) atoms. The van der Waals surface area contributed by atoms with Crippen LogP contribution in [0.5, 0.6) is 0 Å².